The Balaban J connectivity index is 1.93. The van der Waals surface area contributed by atoms with Crippen LogP contribution in [0.25, 0.3) is 10.9 Å². The molecule has 4 unspecified atom stereocenters. The lowest BCUT2D eigenvalue weighted by atomic mass is 9.97. The van der Waals surface area contributed by atoms with Crippen LogP contribution in [0.2, 0.25) is 0 Å². The monoisotopic (exact) mass is 502 g/mol. The number of hydrogen-bond acceptors (Lipinski definition) is 6. The highest BCUT2D eigenvalue weighted by Crippen LogP contribution is 2.18. The number of para-hydroxylation sites is 1. The van der Waals surface area contributed by atoms with Crippen LogP contribution < -0.4 is 27.4 Å². The van der Waals surface area contributed by atoms with Crippen LogP contribution in [0.15, 0.2) is 30.5 Å². The molecular formula is C24H34N6O6. The molecule has 0 aliphatic heterocycles. The van der Waals surface area contributed by atoms with Crippen molar-refractivity contribution in [1.29, 1.82) is 0 Å². The number of nitrogens with two attached hydrogens (primary N) is 2. The molecule has 0 saturated carbocycles. The number of amides is 4. The lowest BCUT2D eigenvalue weighted by Gasteiger charge is -2.25. The number of aliphatic carboxylic acids is 1. The first-order valence-corrected chi connectivity index (χ1v) is 11.7. The van der Waals surface area contributed by atoms with E-state index in [4.69, 9.17) is 11.5 Å². The van der Waals surface area contributed by atoms with Gasteiger partial charge in [-0.2, -0.15) is 0 Å². The minimum absolute atomic E-state index is 0.179. The number of benzene rings is 1. The second kappa shape index (κ2) is 13.2. The van der Waals surface area contributed by atoms with Gasteiger partial charge in [-0.3, -0.25) is 19.2 Å². The van der Waals surface area contributed by atoms with E-state index < -0.39 is 54.3 Å². The van der Waals surface area contributed by atoms with Gasteiger partial charge in [0.25, 0.3) is 0 Å². The van der Waals surface area contributed by atoms with Gasteiger partial charge in [0.15, 0.2) is 0 Å². The van der Waals surface area contributed by atoms with Crippen molar-refractivity contribution in [2.45, 2.75) is 57.7 Å². The number of carboxylic acid groups (broad SMARTS) is 1. The minimum atomic E-state index is -1.34. The second-order valence-electron chi connectivity index (χ2n) is 8.72. The third-order valence-corrected chi connectivity index (χ3v) is 5.98. The Kier molecular flexibility index (Phi) is 10.4. The second-order valence-corrected chi connectivity index (χ2v) is 8.72. The van der Waals surface area contributed by atoms with Crippen molar-refractivity contribution < 1.29 is 29.1 Å². The highest BCUT2D eigenvalue weighted by Gasteiger charge is 2.30. The first-order valence-electron chi connectivity index (χ1n) is 11.7. The Bertz CT molecular complexity index is 1100. The zero-order chi connectivity index (χ0) is 26.8. The largest absolute Gasteiger partial charge is 0.480 e. The van der Waals surface area contributed by atoms with Gasteiger partial charge in [0.2, 0.25) is 23.6 Å². The van der Waals surface area contributed by atoms with Crippen LogP contribution in [0.1, 0.15) is 38.7 Å². The number of carbonyl (C=O) groups excluding carboxylic acids is 4. The normalized spacial score (nSPS) is 14.3. The topological polar surface area (TPSA) is 209 Å². The molecule has 12 heteroatoms. The third-order valence-electron chi connectivity index (χ3n) is 5.98. The van der Waals surface area contributed by atoms with Crippen molar-refractivity contribution in [3.63, 3.8) is 0 Å². The van der Waals surface area contributed by atoms with E-state index in [1.54, 1.807) is 13.1 Å². The fourth-order valence-corrected chi connectivity index (χ4v) is 3.66. The van der Waals surface area contributed by atoms with E-state index in [0.717, 1.165) is 16.5 Å². The number of primary amides is 1. The summed E-state index contributed by atoms with van der Waals surface area (Å²) < 4.78 is 0. The van der Waals surface area contributed by atoms with Gasteiger partial charge >= 0.3 is 5.97 Å². The van der Waals surface area contributed by atoms with Crippen LogP contribution in [0.3, 0.4) is 0 Å². The van der Waals surface area contributed by atoms with E-state index in [0.29, 0.717) is 6.42 Å². The smallest absolute Gasteiger partial charge is 0.326 e. The van der Waals surface area contributed by atoms with Gasteiger partial charge in [0.05, 0.1) is 12.6 Å². The maximum absolute atomic E-state index is 12.8. The Morgan fingerprint density at radius 2 is 1.78 bits per heavy atom. The standard InChI is InChI=1S/C24H34N6O6/c1-3-13(2)21(23(34)29-18(24(35)36)8-9-19(26)31)30-20(32)12-28-22(33)16(25)10-14-11-27-17-7-5-4-6-15(14)17/h4-7,11,13,16,18,21,27H,3,8-10,12,25H2,1-2H3,(H2,26,31)(H,28,33)(H,29,34)(H,30,32)(H,35,36). The molecule has 9 N–H and O–H groups in total. The fourth-order valence-electron chi connectivity index (χ4n) is 3.66. The van der Waals surface area contributed by atoms with Crippen molar-refractivity contribution in [3.8, 4) is 0 Å². The molecule has 1 aromatic heterocycles. The van der Waals surface area contributed by atoms with Gasteiger partial charge in [0, 0.05) is 23.5 Å². The predicted octanol–water partition coefficient (Wildman–Crippen LogP) is -0.480. The lowest BCUT2D eigenvalue weighted by Crippen LogP contribution is -2.56. The number of aromatic nitrogens is 1. The molecule has 0 aliphatic rings. The highest BCUT2D eigenvalue weighted by atomic mass is 16.4. The first-order chi connectivity index (χ1) is 17.0. The molecule has 2 rings (SSSR count). The predicted molar refractivity (Wildman–Crippen MR) is 132 cm³/mol. The van der Waals surface area contributed by atoms with Crippen LogP contribution >= 0.6 is 0 Å². The van der Waals surface area contributed by atoms with Gasteiger partial charge in [-0.1, -0.05) is 38.5 Å². The molecule has 1 aromatic carbocycles. The number of rotatable bonds is 14. The van der Waals surface area contributed by atoms with Crippen LogP contribution in [0.5, 0.6) is 0 Å². The molecule has 0 fully saturated rings. The summed E-state index contributed by atoms with van der Waals surface area (Å²) in [4.78, 5) is 63.3. The average molecular weight is 503 g/mol. The maximum Gasteiger partial charge on any atom is 0.326 e. The Hall–Kier alpha value is -3.93. The third kappa shape index (κ3) is 8.08. The molecular weight excluding hydrogens is 468 g/mol. The lowest BCUT2D eigenvalue weighted by molar-refractivity contribution is -0.143. The fraction of sp³-hybridized carbons (Fsp3) is 0.458. The molecule has 4 amide bonds. The van der Waals surface area contributed by atoms with Gasteiger partial charge in [-0.15, -0.1) is 0 Å². The van der Waals surface area contributed by atoms with Crippen LogP contribution in [-0.4, -0.2) is 64.4 Å². The zero-order valence-corrected chi connectivity index (χ0v) is 20.4. The van der Waals surface area contributed by atoms with Crippen molar-refractivity contribution in [2.24, 2.45) is 17.4 Å². The number of hydrogen-bond donors (Lipinski definition) is 7. The van der Waals surface area contributed by atoms with Crippen molar-refractivity contribution >= 4 is 40.5 Å². The molecule has 2 aromatic rings. The molecule has 1 heterocycles. The quantitative estimate of drug-likeness (QED) is 0.180. The van der Waals surface area contributed by atoms with E-state index in [9.17, 15) is 29.1 Å². The van der Waals surface area contributed by atoms with Gasteiger partial charge in [-0.25, -0.2) is 4.79 Å². The number of aromatic amines is 1. The zero-order valence-electron chi connectivity index (χ0n) is 20.4. The summed E-state index contributed by atoms with van der Waals surface area (Å²) in [6, 6.07) is 4.33. The molecule has 196 valence electrons. The molecule has 0 bridgehead atoms. The summed E-state index contributed by atoms with van der Waals surface area (Å²) in [5, 5.41) is 17.6. The number of nitrogens with one attached hydrogen (secondary N) is 4. The summed E-state index contributed by atoms with van der Waals surface area (Å²) in [6.45, 7) is 3.12. The Morgan fingerprint density at radius 1 is 1.08 bits per heavy atom. The highest BCUT2D eigenvalue weighted by molar-refractivity contribution is 5.93. The first kappa shape index (κ1) is 28.3. The van der Waals surface area contributed by atoms with Crippen molar-refractivity contribution in [2.75, 3.05) is 6.54 Å². The Morgan fingerprint density at radius 3 is 2.42 bits per heavy atom. The summed E-state index contributed by atoms with van der Waals surface area (Å²) in [7, 11) is 0. The van der Waals surface area contributed by atoms with Crippen LogP contribution in [-0.2, 0) is 30.4 Å². The van der Waals surface area contributed by atoms with Gasteiger partial charge in [-0.05, 0) is 30.4 Å². The van der Waals surface area contributed by atoms with E-state index in [1.165, 1.54) is 0 Å². The molecule has 36 heavy (non-hydrogen) atoms. The summed E-state index contributed by atoms with van der Waals surface area (Å²) in [6.07, 6.45) is 2.16. The summed E-state index contributed by atoms with van der Waals surface area (Å²) in [5.74, 6) is -4.23. The van der Waals surface area contributed by atoms with E-state index in [1.807, 2.05) is 31.2 Å². The SMILES string of the molecule is CCC(C)C(NC(=O)CNC(=O)C(N)Cc1c[nH]c2ccccc12)C(=O)NC(CCC(N)=O)C(=O)O. The minimum Gasteiger partial charge on any atom is -0.480 e. The van der Waals surface area contributed by atoms with Gasteiger partial charge in [0.1, 0.15) is 12.1 Å². The number of fused-ring (bicyclic) bond motifs is 1. The number of carboxylic acids is 1. The molecule has 12 nitrogen and oxygen atoms in total. The average Bonchev–Trinajstić information content (AvgIpc) is 3.25. The maximum atomic E-state index is 12.8. The summed E-state index contributed by atoms with van der Waals surface area (Å²) >= 11 is 0. The number of H-pyrrole nitrogens is 1. The van der Waals surface area contributed by atoms with E-state index >= 15 is 0 Å². The van der Waals surface area contributed by atoms with Crippen molar-refractivity contribution in [1.82, 2.24) is 20.9 Å². The molecule has 0 saturated heterocycles. The summed E-state index contributed by atoms with van der Waals surface area (Å²) in [5.41, 5.74) is 12.9. The molecule has 0 spiro atoms. The number of carbonyl (C=O) groups is 5. The van der Waals surface area contributed by atoms with E-state index in [-0.39, 0.29) is 25.2 Å². The van der Waals surface area contributed by atoms with Crippen LogP contribution in [0, 0.1) is 5.92 Å². The van der Waals surface area contributed by atoms with Crippen molar-refractivity contribution in [3.05, 3.63) is 36.0 Å². The Labute approximate surface area is 208 Å². The molecule has 4 atom stereocenters. The molecule has 0 aliphatic carbocycles. The van der Waals surface area contributed by atoms with E-state index in [2.05, 4.69) is 20.9 Å². The molecule has 0 radical (unpaired) electrons. The van der Waals surface area contributed by atoms with Gasteiger partial charge < -0.3 is 37.5 Å². The van der Waals surface area contributed by atoms with Crippen LogP contribution in [0.4, 0.5) is 0 Å².